The second kappa shape index (κ2) is 7.85. The van der Waals surface area contributed by atoms with Gasteiger partial charge in [-0.15, -0.1) is 0 Å². The Hall–Kier alpha value is -1.89. The Labute approximate surface area is 173 Å². The van der Waals surface area contributed by atoms with Crippen molar-refractivity contribution in [2.45, 2.75) is 48.9 Å². The minimum atomic E-state index is -0.656. The summed E-state index contributed by atoms with van der Waals surface area (Å²) in [4.78, 5) is 4.41. The number of thioether (sulfide) groups is 1. The molecule has 1 aliphatic rings. The molecule has 3 unspecified atom stereocenters. The zero-order valence-electron chi connectivity index (χ0n) is 15.7. The van der Waals surface area contributed by atoms with Crippen molar-refractivity contribution in [3.63, 3.8) is 0 Å². The van der Waals surface area contributed by atoms with Crippen LogP contribution in [0.2, 0.25) is 5.02 Å². The van der Waals surface area contributed by atoms with Gasteiger partial charge in [-0.2, -0.15) is 5.10 Å². The minimum Gasteiger partial charge on any atom is -0.354 e. The van der Waals surface area contributed by atoms with Crippen LogP contribution in [0.5, 0.6) is 0 Å². The molecule has 0 aliphatic carbocycles. The number of nitrogens with zero attached hydrogens (tertiary/aromatic N) is 3. The molecular formula is C21H21ClFN3OS. The van der Waals surface area contributed by atoms with Gasteiger partial charge in [-0.1, -0.05) is 67.5 Å². The van der Waals surface area contributed by atoms with Crippen LogP contribution < -0.4 is 0 Å². The molecule has 0 radical (unpaired) electrons. The smallest absolute Gasteiger partial charge is 0.186 e. The largest absolute Gasteiger partial charge is 0.354 e. The number of halogens is 2. The third kappa shape index (κ3) is 3.69. The summed E-state index contributed by atoms with van der Waals surface area (Å²) in [5.74, 6) is -0.275. The van der Waals surface area contributed by atoms with Crippen LogP contribution >= 0.6 is 23.4 Å². The summed E-state index contributed by atoms with van der Waals surface area (Å²) in [7, 11) is 0. The summed E-state index contributed by atoms with van der Waals surface area (Å²) in [6.45, 7) is 4.79. The predicted molar refractivity (Wildman–Crippen MR) is 109 cm³/mol. The monoisotopic (exact) mass is 417 g/mol. The molecule has 0 amide bonds. The Bertz CT molecular complexity index is 964. The molecule has 4 rings (SSSR count). The first-order valence-electron chi connectivity index (χ1n) is 9.26. The molecule has 146 valence electrons. The molecule has 0 spiro atoms. The van der Waals surface area contributed by atoms with Crippen molar-refractivity contribution in [1.82, 2.24) is 14.8 Å². The summed E-state index contributed by atoms with van der Waals surface area (Å²) < 4.78 is 21.6. The van der Waals surface area contributed by atoms with Gasteiger partial charge in [0.05, 0.1) is 6.54 Å². The molecule has 2 aromatic carbocycles. The van der Waals surface area contributed by atoms with Crippen molar-refractivity contribution < 1.29 is 9.13 Å². The summed E-state index contributed by atoms with van der Waals surface area (Å²) in [6.07, 6.45) is 2.38. The van der Waals surface area contributed by atoms with Crippen molar-refractivity contribution in [3.8, 4) is 0 Å². The molecule has 4 nitrogen and oxygen atoms in total. The maximum Gasteiger partial charge on any atom is 0.186 e. The van der Waals surface area contributed by atoms with Crippen LogP contribution in [0.25, 0.3) is 0 Å². The zero-order valence-corrected chi connectivity index (χ0v) is 17.3. The van der Waals surface area contributed by atoms with Crippen molar-refractivity contribution in [3.05, 3.63) is 76.8 Å². The van der Waals surface area contributed by atoms with E-state index in [0.717, 1.165) is 22.7 Å². The van der Waals surface area contributed by atoms with Gasteiger partial charge in [-0.25, -0.2) is 14.1 Å². The van der Waals surface area contributed by atoms with Crippen molar-refractivity contribution in [2.24, 2.45) is 0 Å². The van der Waals surface area contributed by atoms with Gasteiger partial charge in [0.1, 0.15) is 23.8 Å². The van der Waals surface area contributed by atoms with Crippen molar-refractivity contribution in [2.75, 3.05) is 0 Å². The van der Waals surface area contributed by atoms with Gasteiger partial charge in [0.15, 0.2) is 5.16 Å². The fourth-order valence-electron chi connectivity index (χ4n) is 3.28. The highest BCUT2D eigenvalue weighted by atomic mass is 35.5. The lowest BCUT2D eigenvalue weighted by molar-refractivity contribution is 0.256. The Balaban J connectivity index is 1.69. The zero-order chi connectivity index (χ0) is 19.7. The molecule has 1 saturated heterocycles. The van der Waals surface area contributed by atoms with E-state index in [1.54, 1.807) is 30.2 Å². The van der Waals surface area contributed by atoms with Gasteiger partial charge >= 0.3 is 0 Å². The summed E-state index contributed by atoms with van der Waals surface area (Å²) in [5, 5.41) is 6.36. The van der Waals surface area contributed by atoms with Crippen molar-refractivity contribution in [1.29, 1.82) is 0 Å². The Morgan fingerprint density at radius 3 is 2.71 bits per heavy atom. The number of rotatable bonds is 7. The van der Waals surface area contributed by atoms with E-state index < -0.39 is 5.60 Å². The van der Waals surface area contributed by atoms with Gasteiger partial charge in [-0.3, -0.25) is 0 Å². The van der Waals surface area contributed by atoms with Gasteiger partial charge in [-0.05, 0) is 30.2 Å². The van der Waals surface area contributed by atoms with Crippen LogP contribution in [0.1, 0.15) is 37.5 Å². The quantitative estimate of drug-likeness (QED) is 0.369. The minimum absolute atomic E-state index is 0.225. The van der Waals surface area contributed by atoms with Crippen LogP contribution in [-0.4, -0.2) is 20.0 Å². The Morgan fingerprint density at radius 1 is 1.25 bits per heavy atom. The van der Waals surface area contributed by atoms with Gasteiger partial charge in [0, 0.05) is 15.8 Å². The fourth-order valence-corrected chi connectivity index (χ4v) is 4.38. The Kier molecular flexibility index (Phi) is 5.45. The summed E-state index contributed by atoms with van der Waals surface area (Å²) >= 11 is 8.11. The topological polar surface area (TPSA) is 43.2 Å². The molecule has 1 fully saturated rings. The molecule has 28 heavy (non-hydrogen) atoms. The molecule has 0 saturated carbocycles. The van der Waals surface area contributed by atoms with Gasteiger partial charge in [0.25, 0.3) is 0 Å². The van der Waals surface area contributed by atoms with Crippen LogP contribution in [0.15, 0.2) is 60.0 Å². The third-order valence-electron chi connectivity index (χ3n) is 5.06. The maximum absolute atomic E-state index is 13.5. The molecule has 3 atom stereocenters. The molecule has 2 heterocycles. The number of ether oxygens (including phenoxy) is 1. The molecular weight excluding hydrogens is 397 g/mol. The predicted octanol–water partition coefficient (Wildman–Crippen LogP) is 5.63. The lowest BCUT2D eigenvalue weighted by Gasteiger charge is -2.16. The molecule has 3 aromatic rings. The number of hydrogen-bond acceptors (Lipinski definition) is 4. The van der Waals surface area contributed by atoms with E-state index in [1.165, 1.54) is 12.1 Å². The highest BCUT2D eigenvalue weighted by Gasteiger charge is 2.59. The summed E-state index contributed by atoms with van der Waals surface area (Å²) in [6, 6.07) is 14.1. The normalized spacial score (nSPS) is 22.2. The number of benzene rings is 2. The van der Waals surface area contributed by atoms with Crippen LogP contribution in [0.3, 0.4) is 0 Å². The Morgan fingerprint density at radius 2 is 2.00 bits per heavy atom. The third-order valence-corrected chi connectivity index (χ3v) is 6.67. The average Bonchev–Trinajstić information content (AvgIpc) is 3.26. The standard InChI is InChI=1S/C21H21ClFN3OS/c1-3-14(2)28-20-24-13-25-26(20)12-21(15-8-10-16(23)11-9-15)19(27-21)17-6-4-5-7-18(17)22/h4-11,13-14,19H,3,12H2,1-2H3. The lowest BCUT2D eigenvalue weighted by Crippen LogP contribution is -2.21. The van der Waals surface area contributed by atoms with E-state index in [-0.39, 0.29) is 11.9 Å². The second-order valence-corrected chi connectivity index (χ2v) is 8.77. The van der Waals surface area contributed by atoms with E-state index in [0.29, 0.717) is 16.8 Å². The van der Waals surface area contributed by atoms with Gasteiger partial charge in [0.2, 0.25) is 0 Å². The highest BCUT2D eigenvalue weighted by Crippen LogP contribution is 2.59. The van der Waals surface area contributed by atoms with Gasteiger partial charge < -0.3 is 4.74 Å². The molecule has 0 N–H and O–H groups in total. The lowest BCUT2D eigenvalue weighted by atomic mass is 9.91. The van der Waals surface area contributed by atoms with E-state index in [4.69, 9.17) is 16.3 Å². The first kappa shape index (κ1) is 19.4. The fraction of sp³-hybridized carbons (Fsp3) is 0.333. The van der Waals surface area contributed by atoms with Crippen LogP contribution in [0, 0.1) is 5.82 Å². The second-order valence-electron chi connectivity index (χ2n) is 6.95. The van der Waals surface area contributed by atoms with E-state index in [9.17, 15) is 4.39 Å². The first-order valence-corrected chi connectivity index (χ1v) is 10.5. The molecule has 7 heteroatoms. The molecule has 0 bridgehead atoms. The van der Waals surface area contributed by atoms with Crippen molar-refractivity contribution >= 4 is 23.4 Å². The number of aromatic nitrogens is 3. The summed E-state index contributed by atoms with van der Waals surface area (Å²) in [5.41, 5.74) is 1.16. The van der Waals surface area contributed by atoms with E-state index >= 15 is 0 Å². The van der Waals surface area contributed by atoms with E-state index in [1.807, 2.05) is 28.9 Å². The van der Waals surface area contributed by atoms with Crippen LogP contribution in [-0.2, 0) is 16.9 Å². The molecule has 1 aromatic heterocycles. The van der Waals surface area contributed by atoms with E-state index in [2.05, 4.69) is 23.9 Å². The number of hydrogen-bond donors (Lipinski definition) is 0. The maximum atomic E-state index is 13.5. The highest BCUT2D eigenvalue weighted by molar-refractivity contribution is 7.99. The van der Waals surface area contributed by atoms with Crippen LogP contribution in [0.4, 0.5) is 4.39 Å². The average molecular weight is 418 g/mol. The first-order chi connectivity index (χ1) is 13.5. The molecule has 1 aliphatic heterocycles. The number of epoxide rings is 1. The SMILES string of the molecule is CCC(C)Sc1ncnn1CC1(c2ccc(F)cc2)OC1c1ccccc1Cl.